The highest BCUT2D eigenvalue weighted by Gasteiger charge is 2.28. The zero-order valence-corrected chi connectivity index (χ0v) is 13.0. The van der Waals surface area contributed by atoms with Crippen molar-refractivity contribution in [2.75, 3.05) is 34.9 Å². The van der Waals surface area contributed by atoms with Gasteiger partial charge in [0.1, 0.15) is 10.7 Å². The van der Waals surface area contributed by atoms with Crippen molar-refractivity contribution in [1.82, 2.24) is 9.62 Å². The Labute approximate surface area is 122 Å². The number of sulfonamides is 1. The van der Waals surface area contributed by atoms with Crippen LogP contribution in [0.25, 0.3) is 0 Å². The molecule has 0 heterocycles. The van der Waals surface area contributed by atoms with Crippen LogP contribution in [-0.4, -0.2) is 53.5 Å². The van der Waals surface area contributed by atoms with Crippen molar-refractivity contribution in [1.29, 1.82) is 0 Å². The van der Waals surface area contributed by atoms with E-state index in [1.807, 2.05) is 0 Å². The third-order valence-corrected chi connectivity index (χ3v) is 4.59. The lowest BCUT2D eigenvalue weighted by atomic mass is 10.3. The number of nitrogens with one attached hydrogen (secondary N) is 1. The summed E-state index contributed by atoms with van der Waals surface area (Å²) in [6.45, 7) is -0.424. The predicted octanol–water partition coefficient (Wildman–Crippen LogP) is 0.209. The van der Waals surface area contributed by atoms with Gasteiger partial charge in [-0.2, -0.15) is 4.31 Å². The number of hydrogen-bond donors (Lipinski definition) is 1. The molecular formula is C12H17FN2O5S. The van der Waals surface area contributed by atoms with E-state index in [1.54, 1.807) is 0 Å². The molecule has 0 aliphatic rings. The lowest BCUT2D eigenvalue weighted by molar-refractivity contribution is -0.120. The number of likely N-dealkylation sites (N-methyl/N-ethyl adjacent to an activating group) is 2. The summed E-state index contributed by atoms with van der Waals surface area (Å²) in [5.41, 5.74) is 0. The third-order valence-electron chi connectivity index (χ3n) is 2.77. The number of carbonyl (C=O) groups is 1. The number of carbonyl (C=O) groups excluding carboxylic acids is 1. The Balaban J connectivity index is 3.28. The molecule has 0 saturated heterocycles. The van der Waals surface area contributed by atoms with Crippen LogP contribution < -0.4 is 14.8 Å². The molecular weight excluding hydrogens is 303 g/mol. The second-order valence-corrected chi connectivity index (χ2v) is 6.09. The molecule has 0 bridgehead atoms. The van der Waals surface area contributed by atoms with Gasteiger partial charge in [0.2, 0.25) is 15.9 Å². The fourth-order valence-corrected chi connectivity index (χ4v) is 2.75. The normalized spacial score (nSPS) is 11.3. The third kappa shape index (κ3) is 3.61. The number of nitrogens with zero attached hydrogens (tertiary/aromatic N) is 1. The van der Waals surface area contributed by atoms with Gasteiger partial charge in [-0.1, -0.05) is 0 Å². The Morgan fingerprint density at radius 1 is 1.29 bits per heavy atom. The molecule has 1 aromatic rings. The summed E-state index contributed by atoms with van der Waals surface area (Å²) < 4.78 is 49.1. The van der Waals surface area contributed by atoms with Gasteiger partial charge in [-0.05, 0) is 0 Å². The van der Waals surface area contributed by atoms with Gasteiger partial charge in [-0.3, -0.25) is 4.79 Å². The van der Waals surface area contributed by atoms with E-state index in [2.05, 4.69) is 5.32 Å². The molecule has 21 heavy (non-hydrogen) atoms. The van der Waals surface area contributed by atoms with E-state index in [1.165, 1.54) is 28.3 Å². The first-order valence-electron chi connectivity index (χ1n) is 5.86. The van der Waals surface area contributed by atoms with Gasteiger partial charge in [-0.15, -0.1) is 0 Å². The standard InChI is InChI=1S/C12H17FN2O5S/c1-14-12(16)7-15(2)21(17,18)11-6-10(20-4)9(19-3)5-8(11)13/h5-6H,7H2,1-4H3,(H,14,16). The molecule has 1 aromatic carbocycles. The van der Waals surface area contributed by atoms with Crippen LogP contribution in [0.15, 0.2) is 17.0 Å². The molecule has 0 spiro atoms. The zero-order valence-electron chi connectivity index (χ0n) is 12.1. The fourth-order valence-electron chi connectivity index (χ4n) is 1.57. The molecule has 0 aromatic heterocycles. The predicted molar refractivity (Wildman–Crippen MR) is 73.4 cm³/mol. The number of benzene rings is 1. The monoisotopic (exact) mass is 320 g/mol. The second-order valence-electron chi connectivity index (χ2n) is 4.07. The minimum atomic E-state index is -4.17. The van der Waals surface area contributed by atoms with E-state index in [4.69, 9.17) is 9.47 Å². The minimum absolute atomic E-state index is 0.0721. The molecule has 0 radical (unpaired) electrons. The summed E-state index contributed by atoms with van der Waals surface area (Å²) in [7, 11) is 1.00. The first-order chi connectivity index (χ1) is 9.77. The van der Waals surface area contributed by atoms with E-state index < -0.39 is 33.2 Å². The number of ether oxygens (including phenoxy) is 2. The summed E-state index contributed by atoms with van der Waals surface area (Å²) in [6, 6.07) is 1.93. The molecule has 1 amide bonds. The number of methoxy groups -OCH3 is 2. The minimum Gasteiger partial charge on any atom is -0.493 e. The highest BCUT2D eigenvalue weighted by atomic mass is 32.2. The molecule has 0 saturated carbocycles. The highest BCUT2D eigenvalue weighted by molar-refractivity contribution is 7.89. The van der Waals surface area contributed by atoms with Crippen LogP contribution in [0.4, 0.5) is 4.39 Å². The molecule has 1 N–H and O–H groups in total. The molecule has 118 valence electrons. The van der Waals surface area contributed by atoms with Crippen LogP contribution in [0.2, 0.25) is 0 Å². The van der Waals surface area contributed by atoms with Gasteiger partial charge in [0.05, 0.1) is 20.8 Å². The van der Waals surface area contributed by atoms with E-state index >= 15 is 0 Å². The second kappa shape index (κ2) is 6.72. The van der Waals surface area contributed by atoms with Crippen LogP contribution >= 0.6 is 0 Å². The van der Waals surface area contributed by atoms with Crippen molar-refractivity contribution in [3.63, 3.8) is 0 Å². The molecule has 0 fully saturated rings. The largest absolute Gasteiger partial charge is 0.493 e. The number of halogens is 1. The summed E-state index contributed by atoms with van der Waals surface area (Å²) >= 11 is 0. The van der Waals surface area contributed by atoms with Crippen molar-refractivity contribution in [3.05, 3.63) is 17.9 Å². The van der Waals surface area contributed by atoms with Crippen LogP contribution in [0, 0.1) is 5.82 Å². The zero-order chi connectivity index (χ0) is 16.2. The highest BCUT2D eigenvalue weighted by Crippen LogP contribution is 2.32. The van der Waals surface area contributed by atoms with Crippen LogP contribution in [-0.2, 0) is 14.8 Å². The average Bonchev–Trinajstić information content (AvgIpc) is 2.46. The Kier molecular flexibility index (Phi) is 5.50. The lowest BCUT2D eigenvalue weighted by Crippen LogP contribution is -2.37. The van der Waals surface area contributed by atoms with E-state index in [9.17, 15) is 17.6 Å². The summed E-state index contributed by atoms with van der Waals surface area (Å²) in [5, 5.41) is 2.29. The van der Waals surface area contributed by atoms with Gasteiger partial charge < -0.3 is 14.8 Å². The first kappa shape index (κ1) is 17.2. The molecule has 7 nitrogen and oxygen atoms in total. The maximum absolute atomic E-state index is 14.0. The summed E-state index contributed by atoms with van der Waals surface area (Å²) in [5.74, 6) is -1.35. The molecule has 9 heteroatoms. The summed E-state index contributed by atoms with van der Waals surface area (Å²) in [6.07, 6.45) is 0. The maximum atomic E-state index is 14.0. The molecule has 0 unspecified atom stereocenters. The van der Waals surface area contributed by atoms with Crippen LogP contribution in [0.5, 0.6) is 11.5 Å². The maximum Gasteiger partial charge on any atom is 0.246 e. The van der Waals surface area contributed by atoms with E-state index in [0.717, 1.165) is 16.4 Å². The Bertz CT molecular complexity index is 633. The molecule has 0 aliphatic carbocycles. The number of rotatable bonds is 6. The topological polar surface area (TPSA) is 84.9 Å². The van der Waals surface area contributed by atoms with Crippen molar-refractivity contribution in [3.8, 4) is 11.5 Å². The lowest BCUT2D eigenvalue weighted by Gasteiger charge is -2.18. The average molecular weight is 320 g/mol. The van der Waals surface area contributed by atoms with Crippen LogP contribution in [0.1, 0.15) is 0 Å². The molecule has 0 atom stereocenters. The Hall–Kier alpha value is -1.87. The van der Waals surface area contributed by atoms with Crippen molar-refractivity contribution in [2.45, 2.75) is 4.90 Å². The van der Waals surface area contributed by atoms with E-state index in [0.29, 0.717) is 0 Å². The molecule has 0 aliphatic heterocycles. The fraction of sp³-hybridized carbons (Fsp3) is 0.417. The number of amides is 1. The first-order valence-corrected chi connectivity index (χ1v) is 7.30. The Morgan fingerprint density at radius 2 is 1.81 bits per heavy atom. The quantitative estimate of drug-likeness (QED) is 0.810. The van der Waals surface area contributed by atoms with Crippen molar-refractivity contribution in [2.24, 2.45) is 0 Å². The van der Waals surface area contributed by atoms with Crippen LogP contribution in [0.3, 0.4) is 0 Å². The smallest absolute Gasteiger partial charge is 0.246 e. The molecule has 1 rings (SSSR count). The van der Waals surface area contributed by atoms with Gasteiger partial charge in [0.25, 0.3) is 0 Å². The van der Waals surface area contributed by atoms with Gasteiger partial charge in [-0.25, -0.2) is 12.8 Å². The number of hydrogen-bond acceptors (Lipinski definition) is 5. The van der Waals surface area contributed by atoms with Crippen molar-refractivity contribution >= 4 is 15.9 Å². The van der Waals surface area contributed by atoms with Crippen molar-refractivity contribution < 1.29 is 27.1 Å². The SMILES string of the molecule is CNC(=O)CN(C)S(=O)(=O)c1cc(OC)c(OC)cc1F. The van der Waals surface area contributed by atoms with E-state index in [-0.39, 0.29) is 11.5 Å². The summed E-state index contributed by atoms with van der Waals surface area (Å²) in [4.78, 5) is 10.7. The van der Waals surface area contributed by atoms with Gasteiger partial charge in [0.15, 0.2) is 11.5 Å². The van der Waals surface area contributed by atoms with Gasteiger partial charge in [0, 0.05) is 26.2 Å². The van der Waals surface area contributed by atoms with Gasteiger partial charge >= 0.3 is 0 Å². The Morgan fingerprint density at radius 3 is 2.29 bits per heavy atom.